The van der Waals surface area contributed by atoms with Crippen LogP contribution in [0.25, 0.3) is 0 Å². The van der Waals surface area contributed by atoms with Crippen LogP contribution in [0.15, 0.2) is 48.8 Å². The Balaban J connectivity index is 1.48. The predicted octanol–water partition coefficient (Wildman–Crippen LogP) is 1.76. The summed E-state index contributed by atoms with van der Waals surface area (Å²) in [5.41, 5.74) is 1.68. The average Bonchev–Trinajstić information content (AvgIpc) is 3.20. The van der Waals surface area contributed by atoms with Gasteiger partial charge in [-0.25, -0.2) is 0 Å². The number of carbonyl (C=O) groups is 2. The van der Waals surface area contributed by atoms with Crippen molar-refractivity contribution in [1.29, 1.82) is 0 Å². The van der Waals surface area contributed by atoms with Gasteiger partial charge in [0.15, 0.2) is 5.82 Å². The quantitative estimate of drug-likeness (QED) is 0.748. The molecule has 1 saturated heterocycles. The van der Waals surface area contributed by atoms with E-state index in [1.165, 1.54) is 10.9 Å². The normalized spacial score (nSPS) is 13.3. The second-order valence-corrected chi connectivity index (χ2v) is 6.51. The van der Waals surface area contributed by atoms with Crippen LogP contribution in [0, 0.1) is 0 Å². The summed E-state index contributed by atoms with van der Waals surface area (Å²) in [4.78, 5) is 26.9. The zero-order valence-corrected chi connectivity index (χ0v) is 15.0. The molecule has 1 N–H and O–H groups in total. The minimum atomic E-state index is -0.399. The van der Waals surface area contributed by atoms with E-state index >= 15 is 0 Å². The van der Waals surface area contributed by atoms with Crippen molar-refractivity contribution in [1.82, 2.24) is 24.5 Å². The number of carbonyl (C=O) groups excluding carboxylic acids is 2. The Morgan fingerprint density at radius 2 is 1.93 bits per heavy atom. The Hall–Kier alpha value is -3.42. The molecular formula is C19H20N6O2. The number of benzene rings is 1. The lowest BCUT2D eigenvalue weighted by atomic mass is 10.1. The highest BCUT2D eigenvalue weighted by atomic mass is 16.2. The average molecular weight is 364 g/mol. The molecule has 3 aromatic rings. The number of aryl methyl sites for hydroxylation is 1. The first kappa shape index (κ1) is 17.0. The Morgan fingerprint density at radius 3 is 2.63 bits per heavy atom. The predicted molar refractivity (Wildman–Crippen MR) is 99.5 cm³/mol. The fourth-order valence-electron chi connectivity index (χ4n) is 3.02. The van der Waals surface area contributed by atoms with Crippen LogP contribution in [0.4, 0.5) is 5.82 Å². The molecule has 0 unspecified atom stereocenters. The molecule has 1 aliphatic heterocycles. The molecule has 2 aromatic heterocycles. The van der Waals surface area contributed by atoms with E-state index in [0.717, 1.165) is 25.1 Å². The zero-order chi connectivity index (χ0) is 18.8. The maximum absolute atomic E-state index is 12.7. The van der Waals surface area contributed by atoms with E-state index in [-0.39, 0.29) is 11.6 Å². The van der Waals surface area contributed by atoms with Crippen molar-refractivity contribution in [3.05, 3.63) is 65.6 Å². The van der Waals surface area contributed by atoms with Gasteiger partial charge in [-0.3, -0.25) is 19.0 Å². The fraction of sp³-hybridized carbons (Fsp3) is 0.263. The maximum Gasteiger partial charge on any atom is 0.275 e. The van der Waals surface area contributed by atoms with Crippen LogP contribution in [-0.2, 0) is 13.6 Å². The molecule has 138 valence electrons. The Bertz CT molecular complexity index is 971. The Kier molecular flexibility index (Phi) is 4.45. The van der Waals surface area contributed by atoms with Crippen LogP contribution in [0.5, 0.6) is 0 Å². The van der Waals surface area contributed by atoms with Crippen LogP contribution >= 0.6 is 0 Å². The SMILES string of the molecule is Cn1ncc(C(=O)N2CCC2)c1C(=O)Nc1ccn(Cc2ccccc2)n1. The number of nitrogens with zero attached hydrogens (tertiary/aromatic N) is 5. The van der Waals surface area contributed by atoms with Crippen molar-refractivity contribution in [2.24, 2.45) is 7.05 Å². The molecule has 27 heavy (non-hydrogen) atoms. The standard InChI is InChI=1S/C19H20N6O2/c1-23-17(15(12-20-23)19(27)24-9-5-10-24)18(26)21-16-8-11-25(22-16)13-14-6-3-2-4-7-14/h2-4,6-8,11-12H,5,9-10,13H2,1H3,(H,21,22,26). The summed E-state index contributed by atoms with van der Waals surface area (Å²) in [7, 11) is 1.65. The largest absolute Gasteiger partial charge is 0.338 e. The van der Waals surface area contributed by atoms with Gasteiger partial charge >= 0.3 is 0 Å². The van der Waals surface area contributed by atoms with Gasteiger partial charge in [0, 0.05) is 32.4 Å². The molecule has 2 amide bonds. The van der Waals surface area contributed by atoms with E-state index in [1.807, 2.05) is 30.3 Å². The first-order valence-electron chi connectivity index (χ1n) is 8.82. The first-order chi connectivity index (χ1) is 13.1. The van der Waals surface area contributed by atoms with E-state index in [4.69, 9.17) is 0 Å². The highest BCUT2D eigenvalue weighted by Crippen LogP contribution is 2.17. The number of hydrogen-bond acceptors (Lipinski definition) is 4. The molecule has 1 aliphatic rings. The zero-order valence-electron chi connectivity index (χ0n) is 15.0. The van der Waals surface area contributed by atoms with Gasteiger partial charge in [-0.1, -0.05) is 30.3 Å². The fourth-order valence-corrected chi connectivity index (χ4v) is 3.02. The number of hydrogen-bond donors (Lipinski definition) is 1. The van der Waals surface area contributed by atoms with E-state index < -0.39 is 5.91 Å². The summed E-state index contributed by atoms with van der Waals surface area (Å²) in [6.45, 7) is 2.05. The van der Waals surface area contributed by atoms with Crippen molar-refractivity contribution in [2.75, 3.05) is 18.4 Å². The van der Waals surface area contributed by atoms with E-state index in [2.05, 4.69) is 15.5 Å². The minimum Gasteiger partial charge on any atom is -0.338 e. The molecule has 0 aliphatic carbocycles. The lowest BCUT2D eigenvalue weighted by molar-refractivity contribution is 0.0648. The lowest BCUT2D eigenvalue weighted by Crippen LogP contribution is -2.42. The third-order valence-corrected chi connectivity index (χ3v) is 4.60. The van der Waals surface area contributed by atoms with Gasteiger partial charge < -0.3 is 10.2 Å². The third-order valence-electron chi connectivity index (χ3n) is 4.60. The van der Waals surface area contributed by atoms with Crippen molar-refractivity contribution in [3.8, 4) is 0 Å². The van der Waals surface area contributed by atoms with Gasteiger partial charge in [-0.15, -0.1) is 0 Å². The number of likely N-dealkylation sites (tertiary alicyclic amines) is 1. The van der Waals surface area contributed by atoms with Crippen LogP contribution in [0.1, 0.15) is 32.8 Å². The van der Waals surface area contributed by atoms with E-state index in [9.17, 15) is 9.59 Å². The van der Waals surface area contributed by atoms with Crippen LogP contribution in [-0.4, -0.2) is 49.4 Å². The van der Waals surface area contributed by atoms with Crippen molar-refractivity contribution < 1.29 is 9.59 Å². The van der Waals surface area contributed by atoms with Crippen LogP contribution in [0.3, 0.4) is 0 Å². The Morgan fingerprint density at radius 1 is 1.15 bits per heavy atom. The molecule has 3 heterocycles. The summed E-state index contributed by atoms with van der Waals surface area (Å²) in [6, 6.07) is 11.7. The molecular weight excluding hydrogens is 344 g/mol. The van der Waals surface area contributed by atoms with Crippen LogP contribution < -0.4 is 5.32 Å². The molecule has 0 bridgehead atoms. The molecule has 4 rings (SSSR count). The molecule has 0 atom stereocenters. The number of rotatable bonds is 5. The molecule has 1 fully saturated rings. The summed E-state index contributed by atoms with van der Waals surface area (Å²) in [5.74, 6) is -0.127. The summed E-state index contributed by atoms with van der Waals surface area (Å²) in [5, 5.41) is 11.2. The first-order valence-corrected chi connectivity index (χ1v) is 8.82. The van der Waals surface area contributed by atoms with Crippen molar-refractivity contribution in [3.63, 3.8) is 0 Å². The number of nitrogens with one attached hydrogen (secondary N) is 1. The minimum absolute atomic E-state index is 0.158. The van der Waals surface area contributed by atoms with Crippen molar-refractivity contribution in [2.45, 2.75) is 13.0 Å². The van der Waals surface area contributed by atoms with Gasteiger partial charge in [0.1, 0.15) is 5.69 Å². The monoisotopic (exact) mass is 364 g/mol. The van der Waals surface area contributed by atoms with Gasteiger partial charge in [0.25, 0.3) is 11.8 Å². The molecule has 0 saturated carbocycles. The molecule has 8 heteroatoms. The number of anilines is 1. The second kappa shape index (κ2) is 7.06. The van der Waals surface area contributed by atoms with Crippen molar-refractivity contribution >= 4 is 17.6 Å². The third kappa shape index (κ3) is 3.46. The topological polar surface area (TPSA) is 85.0 Å². The van der Waals surface area contributed by atoms with Gasteiger partial charge in [-0.05, 0) is 12.0 Å². The molecule has 0 spiro atoms. The van der Waals surface area contributed by atoms with Crippen LogP contribution in [0.2, 0.25) is 0 Å². The Labute approximate surface area is 156 Å². The molecule has 8 nitrogen and oxygen atoms in total. The highest BCUT2D eigenvalue weighted by molar-refractivity contribution is 6.10. The highest BCUT2D eigenvalue weighted by Gasteiger charge is 2.28. The van der Waals surface area contributed by atoms with E-state index in [1.54, 1.807) is 28.9 Å². The van der Waals surface area contributed by atoms with Gasteiger partial charge in [0.05, 0.1) is 18.3 Å². The molecule has 1 aromatic carbocycles. The second-order valence-electron chi connectivity index (χ2n) is 6.51. The maximum atomic E-state index is 12.7. The van der Waals surface area contributed by atoms with E-state index in [0.29, 0.717) is 17.9 Å². The number of aromatic nitrogens is 4. The molecule has 0 radical (unpaired) electrons. The van der Waals surface area contributed by atoms with Gasteiger partial charge in [-0.2, -0.15) is 10.2 Å². The van der Waals surface area contributed by atoms with Gasteiger partial charge in [0.2, 0.25) is 0 Å². The smallest absolute Gasteiger partial charge is 0.275 e. The summed E-state index contributed by atoms with van der Waals surface area (Å²) < 4.78 is 3.17. The lowest BCUT2D eigenvalue weighted by Gasteiger charge is -2.30. The number of amides is 2. The summed E-state index contributed by atoms with van der Waals surface area (Å²) in [6.07, 6.45) is 4.24. The summed E-state index contributed by atoms with van der Waals surface area (Å²) >= 11 is 0.